The summed E-state index contributed by atoms with van der Waals surface area (Å²) in [4.78, 5) is 21.2. The van der Waals surface area contributed by atoms with Gasteiger partial charge in [0.05, 0.1) is 17.2 Å². The lowest BCUT2D eigenvalue weighted by molar-refractivity contribution is 0.103. The minimum atomic E-state index is -0.335. The third-order valence-corrected chi connectivity index (χ3v) is 8.36. The van der Waals surface area contributed by atoms with E-state index in [1.54, 1.807) is 24.4 Å². The molecule has 1 aliphatic heterocycles. The Morgan fingerprint density at radius 2 is 2.00 bits per heavy atom. The summed E-state index contributed by atoms with van der Waals surface area (Å²) < 4.78 is 4.42. The standard InChI is InChI=1S/C27H25N5OS/c1-27(2)22-14-19(18-7-10-31(11-8-18)34-32-12-9-29-16-32)4-6-20(22)25(33)24-21-5-3-17(15-28)13-23(21)30-26(24)27/h3-6,9,12-14,16,18,30H,7-8,10-11H2,1-2H3. The molecule has 3 heterocycles. The van der Waals surface area contributed by atoms with Crippen LogP contribution in [0.4, 0.5) is 0 Å². The summed E-state index contributed by atoms with van der Waals surface area (Å²) in [5.74, 6) is 0.552. The zero-order chi connectivity index (χ0) is 23.4. The molecule has 34 heavy (non-hydrogen) atoms. The Hall–Kier alpha value is -3.34. The second-order valence-corrected chi connectivity index (χ2v) is 10.8. The number of H-pyrrole nitrogens is 1. The van der Waals surface area contributed by atoms with Gasteiger partial charge in [0.2, 0.25) is 0 Å². The second kappa shape index (κ2) is 7.86. The molecule has 6 nitrogen and oxygen atoms in total. The van der Waals surface area contributed by atoms with Gasteiger partial charge in [-0.25, -0.2) is 9.29 Å². The number of benzene rings is 2. The molecule has 0 unspecified atom stereocenters. The Balaban J connectivity index is 1.31. The third kappa shape index (κ3) is 3.29. The van der Waals surface area contributed by atoms with E-state index in [0.29, 0.717) is 11.5 Å². The van der Waals surface area contributed by atoms with Gasteiger partial charge >= 0.3 is 0 Å². The van der Waals surface area contributed by atoms with Crippen LogP contribution in [0.2, 0.25) is 0 Å². The SMILES string of the molecule is CC1(C)c2cc(C3CCN(Sn4ccnc4)CC3)ccc2C(=O)c2c1[nH]c1cc(C#N)ccc21. The molecule has 0 amide bonds. The summed E-state index contributed by atoms with van der Waals surface area (Å²) in [6, 6.07) is 14.2. The van der Waals surface area contributed by atoms with Crippen LogP contribution in [0.3, 0.4) is 0 Å². The number of fused-ring (bicyclic) bond motifs is 4. The summed E-state index contributed by atoms with van der Waals surface area (Å²) in [6.07, 6.45) is 7.78. The number of ketones is 1. The van der Waals surface area contributed by atoms with Crippen LogP contribution >= 0.6 is 12.1 Å². The van der Waals surface area contributed by atoms with Gasteiger partial charge in [-0.05, 0) is 42.0 Å². The Morgan fingerprint density at radius 3 is 2.74 bits per heavy atom. The quantitative estimate of drug-likeness (QED) is 0.408. The summed E-state index contributed by atoms with van der Waals surface area (Å²) >= 11 is 1.71. The molecule has 1 aliphatic carbocycles. The lowest BCUT2D eigenvalue weighted by Crippen LogP contribution is -2.31. The number of hydrogen-bond donors (Lipinski definition) is 1. The number of piperidine rings is 1. The van der Waals surface area contributed by atoms with Crippen molar-refractivity contribution in [2.45, 2.75) is 38.0 Å². The van der Waals surface area contributed by atoms with E-state index in [0.717, 1.165) is 59.2 Å². The van der Waals surface area contributed by atoms with Crippen LogP contribution in [-0.2, 0) is 5.41 Å². The Kier molecular flexibility index (Phi) is 4.91. The highest BCUT2D eigenvalue weighted by Gasteiger charge is 2.40. The van der Waals surface area contributed by atoms with E-state index in [9.17, 15) is 10.1 Å². The fourth-order valence-electron chi connectivity index (χ4n) is 5.47. The molecule has 0 radical (unpaired) electrons. The molecule has 0 saturated carbocycles. The second-order valence-electron chi connectivity index (χ2n) is 9.71. The van der Waals surface area contributed by atoms with E-state index in [1.807, 2.05) is 34.7 Å². The third-order valence-electron chi connectivity index (χ3n) is 7.36. The van der Waals surface area contributed by atoms with Gasteiger partial charge in [0, 0.05) is 65.2 Å². The average Bonchev–Trinajstić information content (AvgIpc) is 3.51. The predicted molar refractivity (Wildman–Crippen MR) is 134 cm³/mol. The van der Waals surface area contributed by atoms with Crippen molar-refractivity contribution < 1.29 is 4.79 Å². The Bertz CT molecular complexity index is 1450. The van der Waals surface area contributed by atoms with Crippen LogP contribution in [0, 0.1) is 11.3 Å². The van der Waals surface area contributed by atoms with Gasteiger partial charge in [0.1, 0.15) is 6.33 Å². The first kappa shape index (κ1) is 21.2. The largest absolute Gasteiger partial charge is 0.357 e. The highest BCUT2D eigenvalue weighted by atomic mass is 32.2. The topological polar surface area (TPSA) is 77.7 Å². The smallest absolute Gasteiger partial charge is 0.195 e. The maximum Gasteiger partial charge on any atom is 0.195 e. The van der Waals surface area contributed by atoms with Crippen molar-refractivity contribution in [2.24, 2.45) is 0 Å². The highest BCUT2D eigenvalue weighted by Crippen LogP contribution is 2.45. The number of hydrogen-bond acceptors (Lipinski definition) is 5. The van der Waals surface area contributed by atoms with Gasteiger partial charge in [-0.2, -0.15) is 5.26 Å². The van der Waals surface area contributed by atoms with Crippen LogP contribution in [0.25, 0.3) is 10.9 Å². The van der Waals surface area contributed by atoms with Crippen LogP contribution < -0.4 is 0 Å². The van der Waals surface area contributed by atoms with Gasteiger partial charge in [-0.15, -0.1) is 0 Å². The van der Waals surface area contributed by atoms with Gasteiger partial charge < -0.3 is 4.98 Å². The van der Waals surface area contributed by atoms with Crippen LogP contribution in [-0.4, -0.2) is 37.1 Å². The van der Waals surface area contributed by atoms with E-state index in [4.69, 9.17) is 0 Å². The maximum atomic E-state index is 13.6. The summed E-state index contributed by atoms with van der Waals surface area (Å²) in [5, 5.41) is 10.2. The molecule has 4 aromatic rings. The molecule has 2 aromatic heterocycles. The number of imidazole rings is 1. The van der Waals surface area contributed by atoms with Gasteiger partial charge in [-0.1, -0.05) is 38.1 Å². The number of aromatic nitrogens is 3. The van der Waals surface area contributed by atoms with E-state index >= 15 is 0 Å². The number of aromatic amines is 1. The zero-order valence-corrected chi connectivity index (χ0v) is 20.0. The number of nitrogens with zero attached hydrogens (tertiary/aromatic N) is 4. The van der Waals surface area contributed by atoms with E-state index < -0.39 is 0 Å². The van der Waals surface area contributed by atoms with Crippen LogP contribution in [0.15, 0.2) is 55.1 Å². The molecule has 1 saturated heterocycles. The minimum Gasteiger partial charge on any atom is -0.357 e. The van der Waals surface area contributed by atoms with Crippen molar-refractivity contribution in [1.29, 1.82) is 5.26 Å². The van der Waals surface area contributed by atoms with Crippen molar-refractivity contribution in [3.8, 4) is 6.07 Å². The number of nitrogens with one attached hydrogen (secondary N) is 1. The monoisotopic (exact) mass is 467 g/mol. The van der Waals surface area contributed by atoms with Crippen molar-refractivity contribution in [2.75, 3.05) is 13.1 Å². The molecular weight excluding hydrogens is 442 g/mol. The number of nitriles is 1. The van der Waals surface area contributed by atoms with E-state index in [-0.39, 0.29) is 11.2 Å². The molecule has 170 valence electrons. The van der Waals surface area contributed by atoms with Crippen molar-refractivity contribution in [3.05, 3.63) is 88.6 Å². The lowest BCUT2D eigenvalue weighted by atomic mass is 9.70. The molecule has 1 fully saturated rings. The van der Waals surface area contributed by atoms with Crippen molar-refractivity contribution in [3.63, 3.8) is 0 Å². The number of carbonyl (C=O) groups excluding carboxylic acids is 1. The Morgan fingerprint density at radius 1 is 1.18 bits per heavy atom. The van der Waals surface area contributed by atoms with E-state index in [2.05, 4.69) is 46.3 Å². The fraction of sp³-hybridized carbons (Fsp3) is 0.296. The lowest BCUT2D eigenvalue weighted by Gasteiger charge is -2.35. The molecule has 0 atom stereocenters. The molecule has 0 bridgehead atoms. The predicted octanol–water partition coefficient (Wildman–Crippen LogP) is 5.40. The average molecular weight is 468 g/mol. The molecular formula is C27H25N5OS. The molecule has 7 heteroatoms. The van der Waals surface area contributed by atoms with Crippen LogP contribution in [0.1, 0.15) is 70.9 Å². The first-order valence-electron chi connectivity index (χ1n) is 11.6. The molecule has 1 N–H and O–H groups in total. The number of carbonyl (C=O) groups is 1. The molecule has 6 rings (SSSR count). The minimum absolute atomic E-state index is 0.0679. The summed E-state index contributed by atoms with van der Waals surface area (Å²) in [5.41, 5.74) is 5.99. The zero-order valence-electron chi connectivity index (χ0n) is 19.2. The van der Waals surface area contributed by atoms with Crippen molar-refractivity contribution >= 4 is 28.8 Å². The van der Waals surface area contributed by atoms with E-state index in [1.165, 1.54) is 5.56 Å². The first-order chi connectivity index (χ1) is 16.5. The maximum absolute atomic E-state index is 13.6. The first-order valence-corrected chi connectivity index (χ1v) is 12.4. The summed E-state index contributed by atoms with van der Waals surface area (Å²) in [6.45, 7) is 6.40. The highest BCUT2D eigenvalue weighted by molar-refractivity contribution is 7.95. The van der Waals surface area contributed by atoms with Gasteiger partial charge in [-0.3, -0.25) is 8.77 Å². The van der Waals surface area contributed by atoms with Crippen LogP contribution in [0.5, 0.6) is 0 Å². The van der Waals surface area contributed by atoms with Crippen molar-refractivity contribution in [1.82, 2.24) is 18.2 Å². The van der Waals surface area contributed by atoms with Gasteiger partial charge in [0.15, 0.2) is 5.78 Å². The fourth-order valence-corrected chi connectivity index (χ4v) is 6.32. The normalized spacial score (nSPS) is 18.0. The Labute approximate surface area is 202 Å². The molecule has 0 spiro atoms. The van der Waals surface area contributed by atoms with Gasteiger partial charge in [0.25, 0.3) is 0 Å². The number of rotatable bonds is 3. The summed E-state index contributed by atoms with van der Waals surface area (Å²) in [7, 11) is 0. The molecule has 2 aromatic carbocycles. The molecule has 2 aliphatic rings.